The number of alkyl halides is 3. The fourth-order valence-electron chi connectivity index (χ4n) is 1.12. The van der Waals surface area contributed by atoms with E-state index in [0.717, 1.165) is 0 Å². The molecular weight excluding hydrogens is 229 g/mol. The molecule has 15 heavy (non-hydrogen) atoms. The van der Waals surface area contributed by atoms with E-state index in [1.807, 2.05) is 0 Å². The van der Waals surface area contributed by atoms with Crippen LogP contribution in [0, 0.1) is 0 Å². The van der Waals surface area contributed by atoms with Crippen molar-refractivity contribution < 1.29 is 13.2 Å². The predicted molar refractivity (Wildman–Crippen MR) is 53.0 cm³/mol. The van der Waals surface area contributed by atoms with Gasteiger partial charge in [0.2, 0.25) is 0 Å². The van der Waals surface area contributed by atoms with Gasteiger partial charge in [-0.15, -0.1) is 0 Å². The zero-order valence-electron chi connectivity index (χ0n) is 7.98. The Kier molecular flexibility index (Phi) is 3.79. The van der Waals surface area contributed by atoms with Gasteiger partial charge in [-0.3, -0.25) is 0 Å². The molecule has 84 valence electrons. The first-order valence-corrected chi connectivity index (χ1v) is 4.70. The molecule has 1 rings (SSSR count). The number of pyridine rings is 1. The second-order valence-electron chi connectivity index (χ2n) is 3.20. The third-order valence-corrected chi connectivity index (χ3v) is 1.98. The van der Waals surface area contributed by atoms with E-state index in [9.17, 15) is 13.2 Å². The molecule has 0 aliphatic carbocycles. The molecule has 0 saturated carbocycles. The van der Waals surface area contributed by atoms with Gasteiger partial charge in [-0.1, -0.05) is 11.6 Å². The summed E-state index contributed by atoms with van der Waals surface area (Å²) in [6.45, 7) is 1.43. The summed E-state index contributed by atoms with van der Waals surface area (Å²) in [6, 6.07) is 2.43. The van der Waals surface area contributed by atoms with Gasteiger partial charge in [0.1, 0.15) is 5.82 Å². The number of halogens is 4. The predicted octanol–water partition coefficient (Wildman–Crippen LogP) is 3.49. The number of hydrogen-bond donors (Lipinski definition) is 1. The van der Waals surface area contributed by atoms with Crippen LogP contribution in [0.2, 0.25) is 5.02 Å². The number of rotatable bonds is 3. The molecular formula is C9H10ClF3N2. The summed E-state index contributed by atoms with van der Waals surface area (Å²) in [5.41, 5.74) is 0. The lowest BCUT2D eigenvalue weighted by molar-refractivity contribution is -0.136. The zero-order chi connectivity index (χ0) is 11.5. The van der Waals surface area contributed by atoms with E-state index in [-0.39, 0.29) is 5.82 Å². The highest BCUT2D eigenvalue weighted by molar-refractivity contribution is 6.32. The van der Waals surface area contributed by atoms with Gasteiger partial charge in [-0.05, 0) is 19.1 Å². The molecule has 0 radical (unpaired) electrons. The first-order valence-electron chi connectivity index (χ1n) is 4.32. The summed E-state index contributed by atoms with van der Waals surface area (Å²) < 4.78 is 36.0. The molecule has 0 fully saturated rings. The Labute approximate surface area is 90.5 Å². The maximum Gasteiger partial charge on any atom is 0.391 e. The summed E-state index contributed by atoms with van der Waals surface area (Å²) >= 11 is 5.73. The number of nitrogens with one attached hydrogen (secondary N) is 1. The highest BCUT2D eigenvalue weighted by Gasteiger charge is 2.30. The zero-order valence-corrected chi connectivity index (χ0v) is 8.73. The van der Waals surface area contributed by atoms with Gasteiger partial charge in [0, 0.05) is 12.2 Å². The lowest BCUT2D eigenvalue weighted by atomic mass is 10.2. The molecule has 1 aromatic rings. The van der Waals surface area contributed by atoms with E-state index < -0.39 is 18.6 Å². The molecule has 0 spiro atoms. The standard InChI is InChI=1S/C9H10ClF3N2/c1-6(5-9(11,12)13)15-8-7(10)3-2-4-14-8/h2-4,6H,5H2,1H3,(H,14,15). The molecule has 1 unspecified atom stereocenters. The minimum Gasteiger partial charge on any atom is -0.366 e. The van der Waals surface area contributed by atoms with E-state index in [0.29, 0.717) is 5.02 Å². The average Bonchev–Trinajstić information content (AvgIpc) is 2.05. The minimum atomic E-state index is -4.19. The Bertz CT molecular complexity index is 327. The molecule has 1 aromatic heterocycles. The summed E-state index contributed by atoms with van der Waals surface area (Å²) in [5, 5.41) is 2.92. The van der Waals surface area contributed by atoms with Crippen LogP contribution in [0.5, 0.6) is 0 Å². The van der Waals surface area contributed by atoms with Crippen molar-refractivity contribution in [2.75, 3.05) is 5.32 Å². The Hall–Kier alpha value is -0.970. The first kappa shape index (κ1) is 12.1. The molecule has 1 N–H and O–H groups in total. The van der Waals surface area contributed by atoms with Crippen LogP contribution in [0.4, 0.5) is 19.0 Å². The van der Waals surface area contributed by atoms with Crippen LogP contribution in [0.3, 0.4) is 0 Å². The minimum absolute atomic E-state index is 0.274. The molecule has 0 aliphatic rings. The SMILES string of the molecule is CC(CC(F)(F)F)Nc1ncccc1Cl. The van der Waals surface area contributed by atoms with Gasteiger partial charge >= 0.3 is 6.18 Å². The molecule has 0 amide bonds. The lowest BCUT2D eigenvalue weighted by Gasteiger charge is -2.16. The molecule has 0 bridgehead atoms. The summed E-state index contributed by atoms with van der Waals surface area (Å²) in [4.78, 5) is 3.84. The smallest absolute Gasteiger partial charge is 0.366 e. The van der Waals surface area contributed by atoms with Crippen molar-refractivity contribution in [2.24, 2.45) is 0 Å². The van der Waals surface area contributed by atoms with Crippen molar-refractivity contribution in [3.05, 3.63) is 23.4 Å². The van der Waals surface area contributed by atoms with Crippen molar-refractivity contribution in [1.29, 1.82) is 0 Å². The van der Waals surface area contributed by atoms with Crippen LogP contribution in [-0.4, -0.2) is 17.2 Å². The Morgan fingerprint density at radius 3 is 2.73 bits per heavy atom. The largest absolute Gasteiger partial charge is 0.391 e. The topological polar surface area (TPSA) is 24.9 Å². The van der Waals surface area contributed by atoms with Crippen molar-refractivity contribution >= 4 is 17.4 Å². The maximum absolute atomic E-state index is 12.0. The van der Waals surface area contributed by atoms with E-state index in [2.05, 4.69) is 10.3 Å². The van der Waals surface area contributed by atoms with E-state index in [4.69, 9.17) is 11.6 Å². The summed E-state index contributed by atoms with van der Waals surface area (Å²) in [6.07, 6.45) is -3.64. The second-order valence-corrected chi connectivity index (χ2v) is 3.61. The normalized spacial score (nSPS) is 13.7. The second kappa shape index (κ2) is 4.70. The van der Waals surface area contributed by atoms with E-state index in [1.165, 1.54) is 13.1 Å². The number of aromatic nitrogens is 1. The number of nitrogens with zero attached hydrogens (tertiary/aromatic N) is 1. The lowest BCUT2D eigenvalue weighted by Crippen LogP contribution is -2.24. The first-order chi connectivity index (χ1) is 6.88. The molecule has 0 saturated heterocycles. The summed E-state index contributed by atoms with van der Waals surface area (Å²) in [7, 11) is 0. The monoisotopic (exact) mass is 238 g/mol. The fourth-order valence-corrected chi connectivity index (χ4v) is 1.30. The Balaban J connectivity index is 2.59. The third kappa shape index (κ3) is 4.38. The van der Waals surface area contributed by atoms with Gasteiger partial charge in [0.25, 0.3) is 0 Å². The quantitative estimate of drug-likeness (QED) is 0.872. The van der Waals surface area contributed by atoms with Gasteiger partial charge < -0.3 is 5.32 Å². The fraction of sp³-hybridized carbons (Fsp3) is 0.444. The van der Waals surface area contributed by atoms with Gasteiger partial charge in [-0.25, -0.2) is 4.98 Å². The van der Waals surface area contributed by atoms with Crippen LogP contribution >= 0.6 is 11.6 Å². The average molecular weight is 239 g/mol. The Morgan fingerprint density at radius 2 is 2.20 bits per heavy atom. The third-order valence-electron chi connectivity index (χ3n) is 1.68. The van der Waals surface area contributed by atoms with Crippen LogP contribution in [-0.2, 0) is 0 Å². The van der Waals surface area contributed by atoms with Gasteiger partial charge in [-0.2, -0.15) is 13.2 Å². The van der Waals surface area contributed by atoms with Gasteiger partial charge in [0.05, 0.1) is 11.4 Å². The summed E-state index contributed by atoms with van der Waals surface area (Å²) in [5.74, 6) is 0.274. The molecule has 0 aromatic carbocycles. The van der Waals surface area contributed by atoms with E-state index >= 15 is 0 Å². The highest BCUT2D eigenvalue weighted by atomic mass is 35.5. The van der Waals surface area contributed by atoms with Crippen molar-refractivity contribution in [3.63, 3.8) is 0 Å². The molecule has 2 nitrogen and oxygen atoms in total. The molecule has 0 aliphatic heterocycles. The van der Waals surface area contributed by atoms with Crippen LogP contribution in [0.15, 0.2) is 18.3 Å². The van der Waals surface area contributed by atoms with Gasteiger partial charge in [0.15, 0.2) is 0 Å². The molecule has 1 atom stereocenters. The molecule has 6 heteroatoms. The number of anilines is 1. The van der Waals surface area contributed by atoms with Crippen LogP contribution in [0.1, 0.15) is 13.3 Å². The number of hydrogen-bond acceptors (Lipinski definition) is 2. The van der Waals surface area contributed by atoms with E-state index in [1.54, 1.807) is 12.1 Å². The van der Waals surface area contributed by atoms with Crippen molar-refractivity contribution in [3.8, 4) is 0 Å². The van der Waals surface area contributed by atoms with Crippen molar-refractivity contribution in [1.82, 2.24) is 4.98 Å². The van der Waals surface area contributed by atoms with Crippen LogP contribution < -0.4 is 5.32 Å². The Morgan fingerprint density at radius 1 is 1.53 bits per heavy atom. The van der Waals surface area contributed by atoms with Crippen molar-refractivity contribution in [2.45, 2.75) is 25.6 Å². The van der Waals surface area contributed by atoms with Crippen LogP contribution in [0.25, 0.3) is 0 Å². The highest BCUT2D eigenvalue weighted by Crippen LogP contribution is 2.24. The molecule has 1 heterocycles. The maximum atomic E-state index is 12.0.